The largest absolute Gasteiger partial charge is 0.323 e. The van der Waals surface area contributed by atoms with E-state index in [1.54, 1.807) is 6.07 Å². The summed E-state index contributed by atoms with van der Waals surface area (Å²) in [4.78, 5) is 14.5. The van der Waals surface area contributed by atoms with E-state index in [9.17, 15) is 4.79 Å². The molecule has 104 valence electrons. The number of hydrogen-bond donors (Lipinski definition) is 1. The lowest BCUT2D eigenvalue weighted by molar-refractivity contribution is -0.120. The van der Waals surface area contributed by atoms with Gasteiger partial charge in [0.1, 0.15) is 0 Å². The first-order valence-electron chi connectivity index (χ1n) is 6.98. The predicted octanol–water partition coefficient (Wildman–Crippen LogP) is 3.54. The number of nitrogens with zero attached hydrogens (tertiary/aromatic N) is 1. The van der Waals surface area contributed by atoms with Gasteiger partial charge in [-0.15, -0.1) is 0 Å². The van der Waals surface area contributed by atoms with Crippen LogP contribution in [0.1, 0.15) is 32.6 Å². The Morgan fingerprint density at radius 2 is 1.84 bits per heavy atom. The molecule has 1 amide bonds. The van der Waals surface area contributed by atoms with Gasteiger partial charge in [-0.25, -0.2) is 0 Å². The Morgan fingerprint density at radius 3 is 2.47 bits per heavy atom. The molecule has 1 atom stereocenters. The van der Waals surface area contributed by atoms with Crippen molar-refractivity contribution in [3.8, 4) is 0 Å². The number of benzene rings is 1. The summed E-state index contributed by atoms with van der Waals surface area (Å²) in [5.41, 5.74) is 0.691. The van der Waals surface area contributed by atoms with Crippen LogP contribution in [-0.4, -0.2) is 29.9 Å². The second-order valence-electron chi connectivity index (χ2n) is 5.10. The van der Waals surface area contributed by atoms with Crippen LogP contribution in [-0.2, 0) is 4.79 Å². The van der Waals surface area contributed by atoms with E-state index in [2.05, 4.69) is 10.2 Å². The molecule has 0 saturated carbocycles. The van der Waals surface area contributed by atoms with E-state index < -0.39 is 0 Å². The smallest absolute Gasteiger partial charge is 0.241 e. The minimum Gasteiger partial charge on any atom is -0.323 e. The zero-order valence-electron chi connectivity index (χ0n) is 11.4. The maximum absolute atomic E-state index is 12.3. The fourth-order valence-electron chi connectivity index (χ4n) is 2.45. The average Bonchev–Trinajstić information content (AvgIpc) is 2.69. The molecule has 1 aliphatic rings. The van der Waals surface area contributed by atoms with Crippen molar-refractivity contribution in [3.05, 3.63) is 29.3 Å². The van der Waals surface area contributed by atoms with Gasteiger partial charge in [0.2, 0.25) is 5.91 Å². The maximum atomic E-state index is 12.3. The lowest BCUT2D eigenvalue weighted by atomic mass is 10.2. The first-order chi connectivity index (χ1) is 9.18. The summed E-state index contributed by atoms with van der Waals surface area (Å²) in [6, 6.07) is 7.24. The molecular formula is C15H21ClN2O. The Kier molecular flexibility index (Phi) is 5.23. The van der Waals surface area contributed by atoms with E-state index in [0.717, 1.165) is 13.1 Å². The first kappa shape index (κ1) is 14.4. The number of rotatable bonds is 3. The number of anilines is 1. The fourth-order valence-corrected chi connectivity index (χ4v) is 2.63. The van der Waals surface area contributed by atoms with Gasteiger partial charge in [0, 0.05) is 0 Å². The highest BCUT2D eigenvalue weighted by Gasteiger charge is 2.22. The van der Waals surface area contributed by atoms with Gasteiger partial charge in [-0.05, 0) is 45.0 Å². The van der Waals surface area contributed by atoms with Gasteiger partial charge in [0.25, 0.3) is 0 Å². The molecule has 0 bridgehead atoms. The Labute approximate surface area is 119 Å². The van der Waals surface area contributed by atoms with E-state index in [0.29, 0.717) is 10.7 Å². The van der Waals surface area contributed by atoms with Crippen molar-refractivity contribution in [2.75, 3.05) is 18.4 Å². The van der Waals surface area contributed by atoms with E-state index >= 15 is 0 Å². The van der Waals surface area contributed by atoms with Gasteiger partial charge in [0.15, 0.2) is 0 Å². The van der Waals surface area contributed by atoms with Crippen LogP contribution in [0.25, 0.3) is 0 Å². The van der Waals surface area contributed by atoms with E-state index in [-0.39, 0.29) is 11.9 Å². The van der Waals surface area contributed by atoms with Crippen LogP contribution in [0.15, 0.2) is 24.3 Å². The number of hydrogen-bond acceptors (Lipinski definition) is 2. The normalized spacial score (nSPS) is 18.6. The highest BCUT2D eigenvalue weighted by Crippen LogP contribution is 2.21. The Morgan fingerprint density at radius 1 is 1.21 bits per heavy atom. The van der Waals surface area contributed by atoms with Crippen molar-refractivity contribution in [1.82, 2.24) is 4.90 Å². The van der Waals surface area contributed by atoms with Gasteiger partial charge >= 0.3 is 0 Å². The number of likely N-dealkylation sites (tertiary alicyclic amines) is 1. The molecule has 1 heterocycles. The van der Waals surface area contributed by atoms with Crippen LogP contribution in [0, 0.1) is 0 Å². The van der Waals surface area contributed by atoms with Crippen LogP contribution in [0.4, 0.5) is 5.69 Å². The first-order valence-corrected chi connectivity index (χ1v) is 7.36. The summed E-state index contributed by atoms with van der Waals surface area (Å²) >= 11 is 6.06. The van der Waals surface area contributed by atoms with E-state index in [4.69, 9.17) is 11.6 Å². The third-order valence-corrected chi connectivity index (χ3v) is 4.03. The van der Waals surface area contributed by atoms with E-state index in [1.807, 2.05) is 25.1 Å². The van der Waals surface area contributed by atoms with Crippen molar-refractivity contribution >= 4 is 23.2 Å². The Balaban J connectivity index is 1.97. The zero-order valence-corrected chi connectivity index (χ0v) is 12.1. The highest BCUT2D eigenvalue weighted by atomic mass is 35.5. The molecule has 1 N–H and O–H groups in total. The number of para-hydroxylation sites is 1. The lowest BCUT2D eigenvalue weighted by Gasteiger charge is -2.26. The molecule has 2 rings (SSSR count). The van der Waals surface area contributed by atoms with Crippen LogP contribution in [0.2, 0.25) is 5.02 Å². The van der Waals surface area contributed by atoms with Gasteiger partial charge in [0.05, 0.1) is 16.8 Å². The summed E-state index contributed by atoms with van der Waals surface area (Å²) in [7, 11) is 0. The molecule has 1 aliphatic heterocycles. The van der Waals surface area contributed by atoms with Gasteiger partial charge < -0.3 is 5.32 Å². The zero-order chi connectivity index (χ0) is 13.7. The second-order valence-corrected chi connectivity index (χ2v) is 5.50. The topological polar surface area (TPSA) is 32.3 Å². The summed E-state index contributed by atoms with van der Waals surface area (Å²) in [6.07, 6.45) is 4.91. The van der Waals surface area contributed by atoms with Crippen molar-refractivity contribution in [2.24, 2.45) is 0 Å². The Bertz CT molecular complexity index is 428. The van der Waals surface area contributed by atoms with Crippen LogP contribution >= 0.6 is 11.6 Å². The number of amides is 1. The van der Waals surface area contributed by atoms with E-state index in [1.165, 1.54) is 25.7 Å². The van der Waals surface area contributed by atoms with Crippen molar-refractivity contribution in [2.45, 2.75) is 38.6 Å². The monoisotopic (exact) mass is 280 g/mol. The molecule has 1 aromatic carbocycles. The second kappa shape index (κ2) is 6.92. The molecule has 1 unspecified atom stereocenters. The van der Waals surface area contributed by atoms with Crippen molar-refractivity contribution in [3.63, 3.8) is 0 Å². The predicted molar refractivity (Wildman–Crippen MR) is 79.6 cm³/mol. The SMILES string of the molecule is CC(C(=O)Nc1ccccc1Cl)N1CCCCCC1. The van der Waals surface area contributed by atoms with Crippen LogP contribution < -0.4 is 5.32 Å². The third kappa shape index (κ3) is 3.95. The standard InChI is InChI=1S/C15H21ClN2O/c1-12(18-10-6-2-3-7-11-18)15(19)17-14-9-5-4-8-13(14)16/h4-5,8-9,12H,2-3,6-7,10-11H2,1H3,(H,17,19). The molecule has 0 aromatic heterocycles. The lowest BCUT2D eigenvalue weighted by Crippen LogP contribution is -2.42. The number of carbonyl (C=O) groups is 1. The fraction of sp³-hybridized carbons (Fsp3) is 0.533. The number of halogens is 1. The highest BCUT2D eigenvalue weighted by molar-refractivity contribution is 6.33. The quantitative estimate of drug-likeness (QED) is 0.918. The summed E-state index contributed by atoms with van der Waals surface area (Å²) in [6.45, 7) is 3.99. The van der Waals surface area contributed by atoms with Gasteiger partial charge in [-0.3, -0.25) is 9.69 Å². The third-order valence-electron chi connectivity index (χ3n) is 3.70. The average molecular weight is 281 g/mol. The molecule has 3 nitrogen and oxygen atoms in total. The van der Waals surface area contributed by atoms with Crippen LogP contribution in [0.3, 0.4) is 0 Å². The van der Waals surface area contributed by atoms with Gasteiger partial charge in [-0.2, -0.15) is 0 Å². The van der Waals surface area contributed by atoms with Crippen molar-refractivity contribution in [1.29, 1.82) is 0 Å². The molecule has 19 heavy (non-hydrogen) atoms. The Hall–Kier alpha value is -1.06. The molecule has 0 aliphatic carbocycles. The minimum absolute atomic E-state index is 0.0231. The van der Waals surface area contributed by atoms with Crippen molar-refractivity contribution < 1.29 is 4.79 Å². The molecular weight excluding hydrogens is 260 g/mol. The molecule has 0 radical (unpaired) electrons. The molecule has 4 heteroatoms. The maximum Gasteiger partial charge on any atom is 0.241 e. The number of carbonyl (C=O) groups excluding carboxylic acids is 1. The summed E-state index contributed by atoms with van der Waals surface area (Å²) in [5, 5.41) is 3.50. The summed E-state index contributed by atoms with van der Waals surface area (Å²) in [5.74, 6) is 0.0231. The molecule has 1 aromatic rings. The summed E-state index contributed by atoms with van der Waals surface area (Å²) < 4.78 is 0. The molecule has 1 fully saturated rings. The molecule has 0 spiro atoms. The minimum atomic E-state index is -0.102. The number of nitrogens with one attached hydrogen (secondary N) is 1. The van der Waals surface area contributed by atoms with Crippen LogP contribution in [0.5, 0.6) is 0 Å². The van der Waals surface area contributed by atoms with Gasteiger partial charge in [-0.1, -0.05) is 36.6 Å². The molecule has 1 saturated heterocycles.